The minimum Gasteiger partial charge on any atom is -0.497 e. The van der Waals surface area contributed by atoms with E-state index in [0.29, 0.717) is 14.2 Å². The summed E-state index contributed by atoms with van der Waals surface area (Å²) in [6, 6.07) is 14.6. The van der Waals surface area contributed by atoms with Crippen molar-refractivity contribution in [3.8, 4) is 11.5 Å². The molecule has 0 fully saturated rings. The van der Waals surface area contributed by atoms with Crippen LogP contribution in [-0.2, 0) is 11.3 Å². The average molecular weight is 361 g/mol. The SMILES string of the molecule is CCC(Pc1ccccc1CNC)c1cc(OC)ccc1OCOC. The molecule has 0 saturated heterocycles. The van der Waals surface area contributed by atoms with Gasteiger partial charge in [0.1, 0.15) is 11.5 Å². The summed E-state index contributed by atoms with van der Waals surface area (Å²) in [5, 5.41) is 4.65. The quantitative estimate of drug-likeness (QED) is 0.515. The maximum atomic E-state index is 5.80. The Hall–Kier alpha value is -1.61. The maximum absolute atomic E-state index is 5.80. The average Bonchev–Trinajstić information content (AvgIpc) is 2.66. The fraction of sp³-hybridized carbons (Fsp3) is 0.400. The third-order valence-electron chi connectivity index (χ3n) is 4.05. The van der Waals surface area contributed by atoms with Gasteiger partial charge in [-0.05, 0) is 42.5 Å². The molecule has 5 heteroatoms. The summed E-state index contributed by atoms with van der Waals surface area (Å²) in [5.74, 6) is 1.72. The predicted molar refractivity (Wildman–Crippen MR) is 106 cm³/mol. The fourth-order valence-electron chi connectivity index (χ4n) is 2.77. The second kappa shape index (κ2) is 10.4. The van der Waals surface area contributed by atoms with Crippen LogP contribution < -0.4 is 20.1 Å². The van der Waals surface area contributed by atoms with Crippen molar-refractivity contribution in [3.63, 3.8) is 0 Å². The van der Waals surface area contributed by atoms with Crippen LogP contribution in [0.2, 0.25) is 0 Å². The molecule has 0 heterocycles. The molecule has 136 valence electrons. The minimum atomic E-state index is 0.245. The second-order valence-electron chi connectivity index (χ2n) is 5.75. The fourth-order valence-corrected chi connectivity index (χ4v) is 4.28. The van der Waals surface area contributed by atoms with E-state index >= 15 is 0 Å². The largest absolute Gasteiger partial charge is 0.497 e. The smallest absolute Gasteiger partial charge is 0.188 e. The molecule has 0 aliphatic rings. The summed E-state index contributed by atoms with van der Waals surface area (Å²) in [7, 11) is 5.98. The van der Waals surface area contributed by atoms with Gasteiger partial charge >= 0.3 is 0 Å². The van der Waals surface area contributed by atoms with Crippen molar-refractivity contribution in [1.82, 2.24) is 5.32 Å². The molecule has 2 rings (SSSR count). The van der Waals surface area contributed by atoms with E-state index in [9.17, 15) is 0 Å². The summed E-state index contributed by atoms with van der Waals surface area (Å²) < 4.78 is 16.3. The van der Waals surface area contributed by atoms with E-state index in [2.05, 4.69) is 42.6 Å². The van der Waals surface area contributed by atoms with E-state index in [1.807, 2.05) is 19.2 Å². The van der Waals surface area contributed by atoms with E-state index in [-0.39, 0.29) is 6.79 Å². The van der Waals surface area contributed by atoms with Crippen LogP contribution in [0.3, 0.4) is 0 Å². The van der Waals surface area contributed by atoms with Gasteiger partial charge in [-0.2, -0.15) is 0 Å². The van der Waals surface area contributed by atoms with Gasteiger partial charge in [-0.15, -0.1) is 0 Å². The van der Waals surface area contributed by atoms with Crippen molar-refractivity contribution < 1.29 is 14.2 Å². The highest BCUT2D eigenvalue weighted by molar-refractivity contribution is 7.47. The highest BCUT2D eigenvalue weighted by atomic mass is 31.1. The van der Waals surface area contributed by atoms with Crippen LogP contribution in [0.1, 0.15) is 30.1 Å². The van der Waals surface area contributed by atoms with Gasteiger partial charge in [-0.1, -0.05) is 39.8 Å². The lowest BCUT2D eigenvalue weighted by Gasteiger charge is -2.21. The lowest BCUT2D eigenvalue weighted by atomic mass is 10.1. The Morgan fingerprint density at radius 3 is 2.60 bits per heavy atom. The molecule has 1 N–H and O–H groups in total. The number of hydrogen-bond donors (Lipinski definition) is 1. The zero-order chi connectivity index (χ0) is 18.1. The Labute approximate surface area is 152 Å². The highest BCUT2D eigenvalue weighted by Crippen LogP contribution is 2.43. The first-order valence-corrected chi connectivity index (χ1v) is 9.59. The van der Waals surface area contributed by atoms with Gasteiger partial charge in [0, 0.05) is 24.9 Å². The van der Waals surface area contributed by atoms with Crippen LogP contribution in [-0.4, -0.2) is 28.1 Å². The summed E-state index contributed by atoms with van der Waals surface area (Å²) in [6.45, 7) is 3.35. The Balaban J connectivity index is 2.33. The molecule has 0 amide bonds. The van der Waals surface area contributed by atoms with Gasteiger partial charge in [0.15, 0.2) is 6.79 Å². The number of benzene rings is 2. The van der Waals surface area contributed by atoms with Crippen LogP contribution >= 0.6 is 8.58 Å². The van der Waals surface area contributed by atoms with E-state index in [4.69, 9.17) is 14.2 Å². The van der Waals surface area contributed by atoms with Crippen LogP contribution in [0.4, 0.5) is 0 Å². The second-order valence-corrected chi connectivity index (χ2v) is 7.27. The molecule has 0 aliphatic carbocycles. The van der Waals surface area contributed by atoms with Crippen LogP contribution in [0.15, 0.2) is 42.5 Å². The molecule has 25 heavy (non-hydrogen) atoms. The van der Waals surface area contributed by atoms with Crippen molar-refractivity contribution in [2.75, 3.05) is 28.1 Å². The van der Waals surface area contributed by atoms with Crippen molar-refractivity contribution in [1.29, 1.82) is 0 Å². The molecular weight excluding hydrogens is 333 g/mol. The monoisotopic (exact) mass is 361 g/mol. The Bertz CT molecular complexity index is 663. The molecular formula is C20H28NO3P. The number of ether oxygens (including phenoxy) is 3. The van der Waals surface area contributed by atoms with Crippen LogP contribution in [0.25, 0.3) is 0 Å². The van der Waals surface area contributed by atoms with Gasteiger partial charge in [-0.3, -0.25) is 0 Å². The summed E-state index contributed by atoms with van der Waals surface area (Å²) in [5.41, 5.74) is 2.90. The molecule has 0 aliphatic heterocycles. The lowest BCUT2D eigenvalue weighted by molar-refractivity contribution is 0.0503. The topological polar surface area (TPSA) is 39.7 Å². The number of methoxy groups -OCH3 is 2. The van der Waals surface area contributed by atoms with Crippen LogP contribution in [0, 0.1) is 0 Å². The number of rotatable bonds is 10. The standard InChI is InChI=1S/C20H28NO3P/c1-5-19(25-20-9-7-6-8-15(20)13-21-2)17-12-16(23-4)10-11-18(17)24-14-22-3/h6-12,19,21,25H,5,13-14H2,1-4H3. The van der Waals surface area contributed by atoms with Crippen molar-refractivity contribution in [3.05, 3.63) is 53.6 Å². The van der Waals surface area contributed by atoms with Crippen molar-refractivity contribution in [2.24, 2.45) is 0 Å². The highest BCUT2D eigenvalue weighted by Gasteiger charge is 2.18. The Kier molecular flexibility index (Phi) is 8.20. The molecule has 2 unspecified atom stereocenters. The molecule has 2 aromatic carbocycles. The first kappa shape index (κ1) is 19.7. The number of nitrogens with one attached hydrogen (secondary N) is 1. The molecule has 4 nitrogen and oxygen atoms in total. The summed E-state index contributed by atoms with van der Waals surface area (Å²) >= 11 is 0. The molecule has 0 saturated carbocycles. The van der Waals surface area contributed by atoms with Gasteiger partial charge in [0.05, 0.1) is 7.11 Å². The normalized spacial score (nSPS) is 12.5. The number of hydrogen-bond acceptors (Lipinski definition) is 4. The van der Waals surface area contributed by atoms with Gasteiger partial charge < -0.3 is 19.5 Å². The van der Waals surface area contributed by atoms with E-state index < -0.39 is 0 Å². The first-order valence-electron chi connectivity index (χ1n) is 8.52. The van der Waals surface area contributed by atoms with Crippen molar-refractivity contribution in [2.45, 2.75) is 25.5 Å². The summed E-state index contributed by atoms with van der Waals surface area (Å²) in [4.78, 5) is 0. The third-order valence-corrected chi connectivity index (χ3v) is 5.91. The predicted octanol–water partition coefficient (Wildman–Crippen LogP) is 3.85. The molecule has 0 bridgehead atoms. The first-order chi connectivity index (χ1) is 12.2. The lowest BCUT2D eigenvalue weighted by Crippen LogP contribution is -2.14. The zero-order valence-corrected chi connectivity index (χ0v) is 16.5. The van der Waals surface area contributed by atoms with E-state index in [1.165, 1.54) is 16.4 Å². The molecule has 0 spiro atoms. The molecule has 0 aromatic heterocycles. The summed E-state index contributed by atoms with van der Waals surface area (Å²) in [6.07, 6.45) is 1.03. The molecule has 2 aromatic rings. The van der Waals surface area contributed by atoms with Gasteiger partial charge in [0.25, 0.3) is 0 Å². The molecule has 2 atom stereocenters. The van der Waals surface area contributed by atoms with E-state index in [1.54, 1.807) is 14.2 Å². The zero-order valence-electron chi connectivity index (χ0n) is 15.5. The van der Waals surface area contributed by atoms with Gasteiger partial charge in [0.2, 0.25) is 0 Å². The molecule has 0 radical (unpaired) electrons. The minimum absolute atomic E-state index is 0.245. The van der Waals surface area contributed by atoms with Gasteiger partial charge in [-0.25, -0.2) is 0 Å². The maximum Gasteiger partial charge on any atom is 0.188 e. The Morgan fingerprint density at radius 1 is 1.12 bits per heavy atom. The Morgan fingerprint density at radius 2 is 1.92 bits per heavy atom. The van der Waals surface area contributed by atoms with Crippen molar-refractivity contribution >= 4 is 13.9 Å². The van der Waals surface area contributed by atoms with E-state index in [0.717, 1.165) is 24.5 Å². The van der Waals surface area contributed by atoms with Crippen LogP contribution in [0.5, 0.6) is 11.5 Å². The third kappa shape index (κ3) is 5.43.